The van der Waals surface area contributed by atoms with Gasteiger partial charge in [-0.1, -0.05) is 12.1 Å². The van der Waals surface area contributed by atoms with Crippen molar-refractivity contribution in [3.8, 4) is 0 Å². The van der Waals surface area contributed by atoms with Gasteiger partial charge in [0.25, 0.3) is 5.91 Å². The third-order valence-electron chi connectivity index (χ3n) is 6.55. The second kappa shape index (κ2) is 10.4. The van der Waals surface area contributed by atoms with Gasteiger partial charge in [0.05, 0.1) is 17.8 Å². The number of aromatic nitrogens is 2. The van der Waals surface area contributed by atoms with E-state index in [4.69, 9.17) is 0 Å². The fraction of sp³-hybridized carbons (Fsp3) is 0.385. The van der Waals surface area contributed by atoms with Gasteiger partial charge in [-0.15, -0.1) is 0 Å². The van der Waals surface area contributed by atoms with Gasteiger partial charge >= 0.3 is 5.69 Å². The van der Waals surface area contributed by atoms with Gasteiger partial charge in [-0.3, -0.25) is 14.3 Å². The summed E-state index contributed by atoms with van der Waals surface area (Å²) in [6.45, 7) is 3.85. The Bertz CT molecular complexity index is 1240. The largest absolute Gasteiger partial charge is 0.379 e. The van der Waals surface area contributed by atoms with E-state index in [1.807, 2.05) is 14.1 Å². The summed E-state index contributed by atoms with van der Waals surface area (Å²) in [7, 11) is 7.44. The summed E-state index contributed by atoms with van der Waals surface area (Å²) in [6.07, 6.45) is 1.74. The minimum absolute atomic E-state index is 0.122. The van der Waals surface area contributed by atoms with Crippen LogP contribution >= 0.6 is 0 Å². The SMILES string of the molecule is CN(C)c1ccc(CN2CCN(C(=O)c3cc(F)ccc3NCc3cn(C)c(=O)n3C)CC2)cc1. The van der Waals surface area contributed by atoms with Gasteiger partial charge in [0.1, 0.15) is 5.82 Å². The summed E-state index contributed by atoms with van der Waals surface area (Å²) in [5.74, 6) is -0.644. The van der Waals surface area contributed by atoms with Crippen molar-refractivity contribution in [3.05, 3.63) is 81.8 Å². The number of halogens is 1. The third-order valence-corrected chi connectivity index (χ3v) is 6.55. The van der Waals surface area contributed by atoms with Gasteiger partial charge in [0, 0.05) is 78.5 Å². The lowest BCUT2D eigenvalue weighted by Crippen LogP contribution is -2.48. The van der Waals surface area contributed by atoms with E-state index in [9.17, 15) is 14.0 Å². The molecule has 186 valence electrons. The number of nitrogens with one attached hydrogen (secondary N) is 1. The maximum atomic E-state index is 14.1. The van der Waals surface area contributed by atoms with E-state index in [1.54, 1.807) is 35.8 Å². The van der Waals surface area contributed by atoms with Gasteiger partial charge in [-0.05, 0) is 35.9 Å². The summed E-state index contributed by atoms with van der Waals surface area (Å²) in [4.78, 5) is 31.5. The fourth-order valence-electron chi connectivity index (χ4n) is 4.36. The Labute approximate surface area is 205 Å². The molecular weight excluding hydrogens is 447 g/mol. The van der Waals surface area contributed by atoms with Gasteiger partial charge in [0.2, 0.25) is 0 Å². The number of amides is 1. The molecule has 0 bridgehead atoms. The van der Waals surface area contributed by atoms with E-state index in [-0.39, 0.29) is 11.6 Å². The monoisotopic (exact) mass is 480 g/mol. The van der Waals surface area contributed by atoms with E-state index in [2.05, 4.69) is 39.4 Å². The zero-order valence-corrected chi connectivity index (χ0v) is 20.8. The first-order valence-electron chi connectivity index (χ1n) is 11.8. The second-order valence-electron chi connectivity index (χ2n) is 9.25. The summed E-state index contributed by atoms with van der Waals surface area (Å²) in [6, 6.07) is 12.7. The number of nitrogens with zero attached hydrogens (tertiary/aromatic N) is 5. The molecule has 3 aromatic rings. The lowest BCUT2D eigenvalue weighted by Gasteiger charge is -2.35. The van der Waals surface area contributed by atoms with Crippen molar-refractivity contribution in [1.29, 1.82) is 0 Å². The molecule has 1 N–H and O–H groups in total. The van der Waals surface area contributed by atoms with E-state index in [0.717, 1.165) is 31.0 Å². The topological polar surface area (TPSA) is 65.8 Å². The molecule has 1 aliphatic rings. The lowest BCUT2D eigenvalue weighted by atomic mass is 10.1. The van der Waals surface area contributed by atoms with Crippen LogP contribution in [0.5, 0.6) is 0 Å². The molecule has 4 rings (SSSR count). The molecule has 0 atom stereocenters. The first kappa shape index (κ1) is 24.5. The minimum atomic E-state index is -0.453. The van der Waals surface area contributed by atoms with E-state index in [1.165, 1.54) is 22.3 Å². The Hall–Kier alpha value is -3.59. The predicted octanol–water partition coefficient (Wildman–Crippen LogP) is 2.50. The highest BCUT2D eigenvalue weighted by molar-refractivity contribution is 5.99. The molecule has 8 nitrogen and oxygen atoms in total. The quantitative estimate of drug-likeness (QED) is 0.563. The van der Waals surface area contributed by atoms with Gasteiger partial charge in [0.15, 0.2) is 0 Å². The molecule has 0 radical (unpaired) electrons. The molecule has 1 aliphatic heterocycles. The zero-order chi connectivity index (χ0) is 25.1. The highest BCUT2D eigenvalue weighted by Gasteiger charge is 2.24. The molecule has 2 aromatic carbocycles. The third kappa shape index (κ3) is 5.57. The first-order chi connectivity index (χ1) is 16.7. The second-order valence-corrected chi connectivity index (χ2v) is 9.25. The molecule has 1 aromatic heterocycles. The molecule has 9 heteroatoms. The van der Waals surface area contributed by atoms with Crippen LogP contribution in [-0.4, -0.2) is 65.1 Å². The zero-order valence-electron chi connectivity index (χ0n) is 20.8. The minimum Gasteiger partial charge on any atom is -0.379 e. The standard InChI is InChI=1S/C26H33FN6O2/c1-29(2)21-8-5-19(6-9-21)17-32-11-13-33(14-12-32)25(34)23-15-20(27)7-10-24(23)28-16-22-18-30(3)26(35)31(22)4/h5-10,15,18,28H,11-14,16-17H2,1-4H3. The number of hydrogen-bond acceptors (Lipinski definition) is 5. The van der Waals surface area contributed by atoms with Crippen LogP contribution in [0.4, 0.5) is 15.8 Å². The number of anilines is 2. The molecule has 0 unspecified atom stereocenters. The molecule has 1 saturated heterocycles. The van der Waals surface area contributed by atoms with E-state index < -0.39 is 5.82 Å². The van der Waals surface area contributed by atoms with Crippen molar-refractivity contribution in [1.82, 2.24) is 18.9 Å². The Balaban J connectivity index is 1.39. The van der Waals surface area contributed by atoms with Crippen LogP contribution in [0, 0.1) is 5.82 Å². The molecule has 0 aliphatic carbocycles. The predicted molar refractivity (Wildman–Crippen MR) is 136 cm³/mol. The molecule has 1 fully saturated rings. The Morgan fingerprint density at radius 3 is 2.31 bits per heavy atom. The highest BCUT2D eigenvalue weighted by Crippen LogP contribution is 2.22. The number of piperazine rings is 1. The molecule has 0 saturated carbocycles. The van der Waals surface area contributed by atoms with Crippen molar-refractivity contribution in [2.45, 2.75) is 13.1 Å². The number of carbonyl (C=O) groups is 1. The van der Waals surface area contributed by atoms with Crippen molar-refractivity contribution in [2.75, 3.05) is 50.5 Å². The van der Waals surface area contributed by atoms with E-state index in [0.29, 0.717) is 30.9 Å². The molecule has 35 heavy (non-hydrogen) atoms. The summed E-state index contributed by atoms with van der Waals surface area (Å²) in [5.41, 5.74) is 3.91. The Morgan fingerprint density at radius 1 is 1.03 bits per heavy atom. The lowest BCUT2D eigenvalue weighted by molar-refractivity contribution is 0.0629. The number of hydrogen-bond donors (Lipinski definition) is 1. The number of aryl methyl sites for hydroxylation is 1. The van der Waals surface area contributed by atoms with Crippen molar-refractivity contribution in [2.24, 2.45) is 14.1 Å². The fourth-order valence-corrected chi connectivity index (χ4v) is 4.36. The number of benzene rings is 2. The highest BCUT2D eigenvalue weighted by atomic mass is 19.1. The van der Waals surface area contributed by atoms with Crippen LogP contribution in [0.1, 0.15) is 21.6 Å². The molecule has 1 amide bonds. The van der Waals surface area contributed by atoms with Gasteiger partial charge in [-0.2, -0.15) is 0 Å². The van der Waals surface area contributed by atoms with Crippen molar-refractivity contribution >= 4 is 17.3 Å². The smallest absolute Gasteiger partial charge is 0.327 e. The van der Waals surface area contributed by atoms with Crippen LogP contribution in [0.2, 0.25) is 0 Å². The van der Waals surface area contributed by atoms with E-state index >= 15 is 0 Å². The van der Waals surface area contributed by atoms with Gasteiger partial charge < -0.3 is 19.7 Å². The van der Waals surface area contributed by atoms with Crippen LogP contribution in [0.3, 0.4) is 0 Å². The van der Waals surface area contributed by atoms with Crippen LogP contribution in [0.15, 0.2) is 53.5 Å². The molecular formula is C26H33FN6O2. The maximum absolute atomic E-state index is 14.1. The van der Waals surface area contributed by atoms with Crippen LogP contribution in [0.25, 0.3) is 0 Å². The van der Waals surface area contributed by atoms with Crippen molar-refractivity contribution in [3.63, 3.8) is 0 Å². The number of carbonyl (C=O) groups excluding carboxylic acids is 1. The van der Waals surface area contributed by atoms with Crippen LogP contribution in [-0.2, 0) is 27.2 Å². The maximum Gasteiger partial charge on any atom is 0.327 e. The normalized spacial score (nSPS) is 14.3. The Kier molecular flexibility index (Phi) is 7.25. The summed E-state index contributed by atoms with van der Waals surface area (Å²) >= 11 is 0. The Morgan fingerprint density at radius 2 is 1.71 bits per heavy atom. The first-order valence-corrected chi connectivity index (χ1v) is 11.8. The number of imidazole rings is 1. The summed E-state index contributed by atoms with van der Waals surface area (Å²) < 4.78 is 17.1. The van der Waals surface area contributed by atoms with Crippen LogP contribution < -0.4 is 15.9 Å². The average molecular weight is 481 g/mol. The summed E-state index contributed by atoms with van der Waals surface area (Å²) in [5, 5.41) is 3.21. The van der Waals surface area contributed by atoms with Gasteiger partial charge in [-0.25, -0.2) is 9.18 Å². The van der Waals surface area contributed by atoms with Crippen molar-refractivity contribution < 1.29 is 9.18 Å². The molecule has 0 spiro atoms. The average Bonchev–Trinajstić information content (AvgIpc) is 3.10. The molecule has 2 heterocycles. The number of rotatable bonds is 7.